The number of hydrogen-bond acceptors (Lipinski definition) is 3. The topological polar surface area (TPSA) is 58.6 Å². The first kappa shape index (κ1) is 14.5. The highest BCUT2D eigenvalue weighted by Gasteiger charge is 2.51. The van der Waals surface area contributed by atoms with Gasteiger partial charge in [-0.05, 0) is 30.5 Å². The zero-order valence-electron chi connectivity index (χ0n) is 11.9. The summed E-state index contributed by atoms with van der Waals surface area (Å²) in [6.07, 6.45) is 2.62. The second-order valence-corrected chi connectivity index (χ2v) is 6.11. The van der Waals surface area contributed by atoms with Crippen molar-refractivity contribution in [2.75, 3.05) is 19.8 Å². The summed E-state index contributed by atoms with van der Waals surface area (Å²) in [5.41, 5.74) is -0.553. The normalized spacial score (nSPS) is 22.6. The van der Waals surface area contributed by atoms with Gasteiger partial charge in [0.1, 0.15) is 5.82 Å². The predicted octanol–water partition coefficient (Wildman–Crippen LogP) is 1.51. The van der Waals surface area contributed by atoms with Crippen LogP contribution in [0.15, 0.2) is 24.3 Å². The highest BCUT2D eigenvalue weighted by Crippen LogP contribution is 2.48. The molecule has 0 spiro atoms. The summed E-state index contributed by atoms with van der Waals surface area (Å²) < 4.78 is 18.2. The first-order chi connectivity index (χ1) is 10.0. The number of halogens is 1. The molecule has 1 heterocycles. The number of ether oxygens (including phenoxy) is 1. The highest BCUT2D eigenvalue weighted by atomic mass is 19.1. The monoisotopic (exact) mass is 293 g/mol. The fourth-order valence-electron chi connectivity index (χ4n) is 2.88. The van der Waals surface area contributed by atoms with Gasteiger partial charge in [-0.1, -0.05) is 12.1 Å². The quantitative estimate of drug-likeness (QED) is 0.885. The third-order valence-corrected chi connectivity index (χ3v) is 4.58. The van der Waals surface area contributed by atoms with E-state index in [-0.39, 0.29) is 18.3 Å². The fourth-order valence-corrected chi connectivity index (χ4v) is 2.88. The Morgan fingerprint density at radius 1 is 1.19 bits per heavy atom. The van der Waals surface area contributed by atoms with Gasteiger partial charge in [-0.15, -0.1) is 0 Å². The molecule has 1 saturated carbocycles. The van der Waals surface area contributed by atoms with Gasteiger partial charge in [0.15, 0.2) is 0 Å². The molecule has 0 atom stereocenters. The number of benzene rings is 1. The molecule has 4 nitrogen and oxygen atoms in total. The molecule has 2 aliphatic rings. The van der Waals surface area contributed by atoms with Gasteiger partial charge >= 0.3 is 0 Å². The van der Waals surface area contributed by atoms with Gasteiger partial charge < -0.3 is 15.2 Å². The van der Waals surface area contributed by atoms with E-state index in [4.69, 9.17) is 4.74 Å². The lowest BCUT2D eigenvalue weighted by Gasteiger charge is -2.32. The van der Waals surface area contributed by atoms with Gasteiger partial charge in [0.25, 0.3) is 0 Å². The smallest absolute Gasteiger partial charge is 0.230 e. The van der Waals surface area contributed by atoms with E-state index in [0.29, 0.717) is 26.1 Å². The molecule has 0 aromatic heterocycles. The van der Waals surface area contributed by atoms with Crippen molar-refractivity contribution in [2.45, 2.75) is 36.7 Å². The Kier molecular flexibility index (Phi) is 3.71. The summed E-state index contributed by atoms with van der Waals surface area (Å²) in [5, 5.41) is 13.2. The molecule has 21 heavy (non-hydrogen) atoms. The minimum Gasteiger partial charge on any atom is -0.388 e. The summed E-state index contributed by atoms with van der Waals surface area (Å²) in [6, 6.07) is 6.11. The Labute approximate surface area is 123 Å². The van der Waals surface area contributed by atoms with Gasteiger partial charge in [0.05, 0.1) is 11.0 Å². The molecular weight excluding hydrogens is 273 g/mol. The first-order valence-corrected chi connectivity index (χ1v) is 7.39. The number of aliphatic hydroxyl groups is 1. The van der Waals surface area contributed by atoms with Crippen LogP contribution in [0.2, 0.25) is 0 Å². The molecule has 0 unspecified atom stereocenters. The SMILES string of the molecule is O=C(NCC1(O)CCOCC1)C1(c2ccc(F)cc2)CC1. The van der Waals surface area contributed by atoms with Crippen LogP contribution in [0.25, 0.3) is 0 Å². The molecular formula is C16H20FNO3. The van der Waals surface area contributed by atoms with Crippen LogP contribution in [-0.4, -0.2) is 36.4 Å². The van der Waals surface area contributed by atoms with Crippen LogP contribution in [0, 0.1) is 5.82 Å². The number of carbonyl (C=O) groups is 1. The highest BCUT2D eigenvalue weighted by molar-refractivity contribution is 5.91. The largest absolute Gasteiger partial charge is 0.388 e. The van der Waals surface area contributed by atoms with Crippen LogP contribution >= 0.6 is 0 Å². The van der Waals surface area contributed by atoms with E-state index in [2.05, 4.69) is 5.32 Å². The summed E-state index contributed by atoms with van der Waals surface area (Å²) in [4.78, 5) is 12.5. The van der Waals surface area contributed by atoms with Crippen LogP contribution in [0.1, 0.15) is 31.2 Å². The van der Waals surface area contributed by atoms with Crippen molar-refractivity contribution in [3.8, 4) is 0 Å². The lowest BCUT2D eigenvalue weighted by atomic mass is 9.92. The number of carbonyl (C=O) groups excluding carboxylic acids is 1. The third kappa shape index (κ3) is 2.94. The maximum absolute atomic E-state index is 13.0. The van der Waals surface area contributed by atoms with Crippen LogP contribution in [0.3, 0.4) is 0 Å². The molecule has 1 saturated heterocycles. The number of nitrogens with one attached hydrogen (secondary N) is 1. The van der Waals surface area contributed by atoms with E-state index in [1.54, 1.807) is 12.1 Å². The van der Waals surface area contributed by atoms with E-state index in [0.717, 1.165) is 18.4 Å². The zero-order chi connectivity index (χ0) is 14.9. The Morgan fingerprint density at radius 2 is 1.81 bits per heavy atom. The number of rotatable bonds is 4. The fraction of sp³-hybridized carbons (Fsp3) is 0.562. The van der Waals surface area contributed by atoms with Crippen molar-refractivity contribution in [1.29, 1.82) is 0 Å². The van der Waals surface area contributed by atoms with E-state index < -0.39 is 11.0 Å². The van der Waals surface area contributed by atoms with Crippen LogP contribution < -0.4 is 5.32 Å². The Bertz CT molecular complexity index is 519. The van der Waals surface area contributed by atoms with Crippen molar-refractivity contribution in [1.82, 2.24) is 5.32 Å². The lowest BCUT2D eigenvalue weighted by molar-refractivity contribution is -0.126. The second-order valence-electron chi connectivity index (χ2n) is 6.11. The Morgan fingerprint density at radius 3 is 2.38 bits per heavy atom. The van der Waals surface area contributed by atoms with E-state index in [1.807, 2.05) is 0 Å². The summed E-state index contributed by atoms with van der Waals surface area (Å²) >= 11 is 0. The standard InChI is InChI=1S/C16H20FNO3/c17-13-3-1-12(2-4-13)16(5-6-16)14(19)18-11-15(20)7-9-21-10-8-15/h1-4,20H,5-11H2,(H,18,19). The first-order valence-electron chi connectivity index (χ1n) is 7.39. The maximum Gasteiger partial charge on any atom is 0.230 e. The van der Waals surface area contributed by atoms with Crippen molar-refractivity contribution in [3.05, 3.63) is 35.6 Å². The van der Waals surface area contributed by atoms with Crippen LogP contribution in [-0.2, 0) is 14.9 Å². The molecule has 1 aliphatic heterocycles. The molecule has 2 N–H and O–H groups in total. The summed E-state index contributed by atoms with van der Waals surface area (Å²) in [6.45, 7) is 1.29. The molecule has 1 aromatic carbocycles. The number of hydrogen-bond donors (Lipinski definition) is 2. The predicted molar refractivity (Wildman–Crippen MR) is 75.3 cm³/mol. The van der Waals surface area contributed by atoms with Gasteiger partial charge in [-0.2, -0.15) is 0 Å². The maximum atomic E-state index is 13.0. The van der Waals surface area contributed by atoms with Crippen molar-refractivity contribution >= 4 is 5.91 Å². The molecule has 114 valence electrons. The van der Waals surface area contributed by atoms with Gasteiger partial charge in [-0.25, -0.2) is 4.39 Å². The molecule has 5 heteroatoms. The third-order valence-electron chi connectivity index (χ3n) is 4.58. The molecule has 3 rings (SSSR count). The molecule has 1 aromatic rings. The zero-order valence-corrected chi connectivity index (χ0v) is 11.9. The van der Waals surface area contributed by atoms with Crippen molar-refractivity contribution < 1.29 is 19.0 Å². The molecule has 2 fully saturated rings. The lowest BCUT2D eigenvalue weighted by Crippen LogP contribution is -2.48. The summed E-state index contributed by atoms with van der Waals surface area (Å²) in [5.74, 6) is -0.375. The van der Waals surface area contributed by atoms with Crippen LogP contribution in [0.5, 0.6) is 0 Å². The van der Waals surface area contributed by atoms with Gasteiger partial charge in [0.2, 0.25) is 5.91 Å². The van der Waals surface area contributed by atoms with Crippen molar-refractivity contribution in [2.24, 2.45) is 0 Å². The van der Waals surface area contributed by atoms with Gasteiger partial charge in [-0.3, -0.25) is 4.79 Å². The van der Waals surface area contributed by atoms with Crippen molar-refractivity contribution in [3.63, 3.8) is 0 Å². The average Bonchev–Trinajstić information content (AvgIpc) is 3.28. The van der Waals surface area contributed by atoms with Crippen LogP contribution in [0.4, 0.5) is 4.39 Å². The van der Waals surface area contributed by atoms with E-state index in [9.17, 15) is 14.3 Å². The average molecular weight is 293 g/mol. The van der Waals surface area contributed by atoms with E-state index in [1.165, 1.54) is 12.1 Å². The molecule has 0 bridgehead atoms. The molecule has 0 radical (unpaired) electrons. The molecule has 1 aliphatic carbocycles. The molecule has 1 amide bonds. The van der Waals surface area contributed by atoms with E-state index >= 15 is 0 Å². The number of amides is 1. The van der Waals surface area contributed by atoms with Gasteiger partial charge in [0, 0.05) is 32.6 Å². The summed E-state index contributed by atoms with van der Waals surface area (Å²) in [7, 11) is 0. The Balaban J connectivity index is 1.63. The minimum atomic E-state index is -0.868. The second kappa shape index (κ2) is 5.39. The Hall–Kier alpha value is -1.46. The minimum absolute atomic E-state index is 0.0750.